The van der Waals surface area contributed by atoms with Gasteiger partial charge in [0.25, 0.3) is 5.78 Å². The number of anilines is 1. The number of benzene rings is 3. The number of nitrogens with zero attached hydrogens (tertiary/aromatic N) is 2. The fourth-order valence-corrected chi connectivity index (χ4v) is 6.85. The molecule has 1 saturated heterocycles. The predicted molar refractivity (Wildman–Crippen MR) is 174 cm³/mol. The second-order valence-corrected chi connectivity index (χ2v) is 12.2. The van der Waals surface area contributed by atoms with Crippen LogP contribution in [0, 0.1) is 0 Å². The Balaban J connectivity index is 1.47. The third kappa shape index (κ3) is 5.82. The van der Waals surface area contributed by atoms with Gasteiger partial charge in [0, 0.05) is 12.0 Å². The molecule has 0 spiro atoms. The number of aliphatic hydroxyl groups excluding tert-OH is 1. The fourth-order valence-electron chi connectivity index (χ4n) is 5.83. The van der Waals surface area contributed by atoms with E-state index in [1.807, 2.05) is 38.1 Å². The monoisotopic (exact) mass is 628 g/mol. The minimum Gasteiger partial charge on any atom is -0.507 e. The lowest BCUT2D eigenvalue weighted by Gasteiger charge is -2.24. The van der Waals surface area contributed by atoms with Gasteiger partial charge in [0.05, 0.1) is 42.2 Å². The molecule has 3 heterocycles. The maximum absolute atomic E-state index is 13.8. The first-order valence-electron chi connectivity index (χ1n) is 15.3. The number of Topliss-reactive ketones (excluding diaryl/α,β-unsaturated/α-hetero) is 1. The zero-order valence-electron chi connectivity index (χ0n) is 25.8. The molecule has 0 radical (unpaired) electrons. The summed E-state index contributed by atoms with van der Waals surface area (Å²) in [6.07, 6.45) is 3.74. The van der Waals surface area contributed by atoms with E-state index in [1.54, 1.807) is 37.4 Å². The van der Waals surface area contributed by atoms with Gasteiger partial charge in [-0.2, -0.15) is 0 Å². The molecule has 2 aliphatic rings. The Morgan fingerprint density at radius 2 is 1.89 bits per heavy atom. The minimum absolute atomic E-state index is 0.0143. The second-order valence-electron chi connectivity index (χ2n) is 11.1. The number of thiazole rings is 1. The predicted octanol–water partition coefficient (Wildman–Crippen LogP) is 7.22. The summed E-state index contributed by atoms with van der Waals surface area (Å²) in [5.41, 5.74) is 2.57. The maximum atomic E-state index is 13.8. The molecule has 1 N–H and O–H groups in total. The number of carbonyl (C=O) groups is 2. The molecule has 2 aliphatic heterocycles. The van der Waals surface area contributed by atoms with Crippen LogP contribution in [0.25, 0.3) is 16.0 Å². The molecule has 234 valence electrons. The van der Waals surface area contributed by atoms with Crippen molar-refractivity contribution in [3.8, 4) is 23.0 Å². The average Bonchev–Trinajstić information content (AvgIpc) is 3.70. The Morgan fingerprint density at radius 3 is 2.67 bits per heavy atom. The number of hydrogen-bond donors (Lipinski definition) is 1. The van der Waals surface area contributed by atoms with Gasteiger partial charge in [0.2, 0.25) is 0 Å². The van der Waals surface area contributed by atoms with E-state index in [9.17, 15) is 14.7 Å². The number of hydrogen-bond acceptors (Lipinski definition) is 9. The summed E-state index contributed by atoms with van der Waals surface area (Å²) in [5, 5.41) is 12.1. The number of amides is 1. The van der Waals surface area contributed by atoms with Gasteiger partial charge in [-0.05, 0) is 79.9 Å². The summed E-state index contributed by atoms with van der Waals surface area (Å²) < 4.78 is 24.0. The van der Waals surface area contributed by atoms with Crippen LogP contribution in [-0.2, 0) is 16.0 Å². The van der Waals surface area contributed by atoms with Crippen LogP contribution < -0.4 is 23.8 Å². The van der Waals surface area contributed by atoms with E-state index < -0.39 is 17.7 Å². The van der Waals surface area contributed by atoms with E-state index in [1.165, 1.54) is 16.2 Å². The number of methoxy groups -OCH3 is 1. The van der Waals surface area contributed by atoms with E-state index in [-0.39, 0.29) is 17.4 Å². The molecule has 2 unspecified atom stereocenters. The van der Waals surface area contributed by atoms with Crippen molar-refractivity contribution in [2.75, 3.05) is 25.2 Å². The maximum Gasteiger partial charge on any atom is 0.301 e. The summed E-state index contributed by atoms with van der Waals surface area (Å²) >= 11 is 1.28. The molecule has 2 atom stereocenters. The molecule has 6 rings (SSSR count). The highest BCUT2D eigenvalue weighted by Gasteiger charge is 2.48. The van der Waals surface area contributed by atoms with Crippen molar-refractivity contribution in [2.45, 2.75) is 58.6 Å². The van der Waals surface area contributed by atoms with E-state index in [2.05, 4.69) is 6.92 Å². The van der Waals surface area contributed by atoms with Crippen molar-refractivity contribution >= 4 is 44.1 Å². The Bertz CT molecular complexity index is 1800. The Labute approximate surface area is 266 Å². The van der Waals surface area contributed by atoms with Gasteiger partial charge in [0.1, 0.15) is 23.4 Å². The van der Waals surface area contributed by atoms with Gasteiger partial charge in [-0.3, -0.25) is 14.5 Å². The molecule has 0 aliphatic carbocycles. The van der Waals surface area contributed by atoms with Crippen molar-refractivity contribution in [3.05, 3.63) is 76.9 Å². The molecule has 1 amide bonds. The topological polar surface area (TPSA) is 107 Å². The molecule has 3 aromatic carbocycles. The van der Waals surface area contributed by atoms with Gasteiger partial charge in [-0.15, -0.1) is 0 Å². The van der Waals surface area contributed by atoms with Gasteiger partial charge in [-0.1, -0.05) is 37.2 Å². The van der Waals surface area contributed by atoms with E-state index >= 15 is 0 Å². The summed E-state index contributed by atoms with van der Waals surface area (Å²) in [6, 6.07) is 15.2. The van der Waals surface area contributed by atoms with Crippen LogP contribution in [-0.4, -0.2) is 48.2 Å². The first kappa shape index (κ1) is 30.5. The molecule has 9 nitrogen and oxygen atoms in total. The molecule has 1 aromatic heterocycles. The van der Waals surface area contributed by atoms with Crippen LogP contribution in [0.15, 0.2) is 60.2 Å². The minimum atomic E-state index is -0.969. The number of fused-ring (bicyclic) bond motifs is 2. The molecule has 0 bridgehead atoms. The van der Waals surface area contributed by atoms with Crippen LogP contribution in [0.3, 0.4) is 0 Å². The molecule has 10 heteroatoms. The van der Waals surface area contributed by atoms with E-state index in [0.717, 1.165) is 35.3 Å². The van der Waals surface area contributed by atoms with Crippen molar-refractivity contribution in [1.82, 2.24) is 4.98 Å². The lowest BCUT2D eigenvalue weighted by molar-refractivity contribution is -0.132. The number of carbonyl (C=O) groups excluding carboxylic acids is 2. The molecule has 45 heavy (non-hydrogen) atoms. The normalized spacial score (nSPS) is 18.7. The Hall–Kier alpha value is -4.57. The molecule has 4 aromatic rings. The second kappa shape index (κ2) is 12.8. The van der Waals surface area contributed by atoms with Gasteiger partial charge in [0.15, 0.2) is 16.6 Å². The number of ether oxygens (including phenoxy) is 4. The van der Waals surface area contributed by atoms with Crippen molar-refractivity contribution in [1.29, 1.82) is 0 Å². The van der Waals surface area contributed by atoms with Crippen LogP contribution in [0.4, 0.5) is 5.13 Å². The SMILES string of the molecule is CCCCCOc1ccc(C2C(=C(O)c3ccc4c(c3)CC(C)O4)C(=O)C(=O)N2c2nc3ccc(OCC)cc3s2)cc1OC. The van der Waals surface area contributed by atoms with E-state index in [4.69, 9.17) is 23.9 Å². The van der Waals surface area contributed by atoms with E-state index in [0.29, 0.717) is 58.7 Å². The van der Waals surface area contributed by atoms with Crippen molar-refractivity contribution in [3.63, 3.8) is 0 Å². The summed E-state index contributed by atoms with van der Waals surface area (Å²) in [7, 11) is 1.55. The number of rotatable bonds is 11. The smallest absolute Gasteiger partial charge is 0.301 e. The molecule has 0 saturated carbocycles. The number of aliphatic hydroxyl groups is 1. The molecule has 1 fully saturated rings. The zero-order valence-corrected chi connectivity index (χ0v) is 26.6. The standard InChI is InChI=1S/C35H36N2O7S/c1-5-7-8-15-43-27-14-9-21(18-28(27)41-4)31-30(32(38)22-10-13-26-23(17-22)16-20(3)44-26)33(39)34(40)37(31)35-36-25-12-11-24(42-6-2)19-29(25)45-35/h9-14,17-20,31,38H,5-8,15-16H2,1-4H3. The summed E-state index contributed by atoms with van der Waals surface area (Å²) in [4.78, 5) is 33.8. The quantitative estimate of drug-likeness (QED) is 0.0803. The third-order valence-corrected chi connectivity index (χ3v) is 9.01. The summed E-state index contributed by atoms with van der Waals surface area (Å²) in [5.74, 6) is 0.624. The zero-order chi connectivity index (χ0) is 31.7. The Kier molecular flexibility index (Phi) is 8.67. The third-order valence-electron chi connectivity index (χ3n) is 7.99. The first-order valence-corrected chi connectivity index (χ1v) is 16.1. The van der Waals surface area contributed by atoms with Crippen LogP contribution >= 0.6 is 11.3 Å². The highest BCUT2D eigenvalue weighted by atomic mass is 32.1. The van der Waals surface area contributed by atoms with Crippen LogP contribution in [0.2, 0.25) is 0 Å². The number of unbranched alkanes of at least 4 members (excludes halogenated alkanes) is 2. The van der Waals surface area contributed by atoms with Gasteiger partial charge >= 0.3 is 5.91 Å². The highest BCUT2D eigenvalue weighted by molar-refractivity contribution is 7.22. The molecular formula is C35H36N2O7S. The lowest BCUT2D eigenvalue weighted by atomic mass is 9.94. The average molecular weight is 629 g/mol. The van der Waals surface area contributed by atoms with Gasteiger partial charge in [-0.25, -0.2) is 4.98 Å². The first-order chi connectivity index (χ1) is 21.8. The number of aromatic nitrogens is 1. The van der Waals surface area contributed by atoms with Crippen LogP contribution in [0.5, 0.6) is 23.0 Å². The summed E-state index contributed by atoms with van der Waals surface area (Å²) in [6.45, 7) is 7.07. The molecular weight excluding hydrogens is 592 g/mol. The lowest BCUT2D eigenvalue weighted by Crippen LogP contribution is -2.29. The van der Waals surface area contributed by atoms with Gasteiger partial charge < -0.3 is 24.1 Å². The number of ketones is 1. The highest BCUT2D eigenvalue weighted by Crippen LogP contribution is 2.46. The largest absolute Gasteiger partial charge is 0.507 e. The van der Waals surface area contributed by atoms with Crippen molar-refractivity contribution in [2.24, 2.45) is 0 Å². The Morgan fingerprint density at radius 1 is 1.04 bits per heavy atom. The van der Waals surface area contributed by atoms with Crippen molar-refractivity contribution < 1.29 is 33.6 Å². The van der Waals surface area contributed by atoms with Crippen LogP contribution in [0.1, 0.15) is 62.8 Å². The fraction of sp³-hybridized carbons (Fsp3) is 0.343.